The van der Waals surface area contributed by atoms with Gasteiger partial charge < -0.3 is 15.1 Å². The van der Waals surface area contributed by atoms with Crippen molar-refractivity contribution in [1.82, 2.24) is 15.5 Å². The summed E-state index contributed by atoms with van der Waals surface area (Å²) in [5.41, 5.74) is 2.35. The van der Waals surface area contributed by atoms with Crippen molar-refractivity contribution >= 4 is 46.2 Å². The first-order valence-corrected chi connectivity index (χ1v) is 13.3. The number of hydrogen-bond donors (Lipinski definition) is 2. The van der Waals surface area contributed by atoms with Crippen LogP contribution in [0.4, 0.5) is 5.69 Å². The van der Waals surface area contributed by atoms with Crippen molar-refractivity contribution in [2.75, 3.05) is 0 Å². The van der Waals surface area contributed by atoms with E-state index in [2.05, 4.69) is 15.6 Å². The van der Waals surface area contributed by atoms with Crippen LogP contribution in [0.15, 0.2) is 87.4 Å². The van der Waals surface area contributed by atoms with E-state index in [1.165, 1.54) is 16.7 Å². The Morgan fingerprint density at radius 2 is 1.82 bits per heavy atom. The number of hydrogen-bond acceptors (Lipinski definition) is 7. The first kappa shape index (κ1) is 25.5. The summed E-state index contributed by atoms with van der Waals surface area (Å²) < 4.78 is 5.30. The fourth-order valence-corrected chi connectivity index (χ4v) is 5.25. The number of aliphatic imine (C=N–C) groups is 2. The summed E-state index contributed by atoms with van der Waals surface area (Å²) in [4.78, 5) is 50.0. The van der Waals surface area contributed by atoms with Gasteiger partial charge in [-0.05, 0) is 36.2 Å². The fraction of sp³-hybridized carbons (Fsp3) is 0.250. The molecule has 3 aromatic rings. The Bertz CT molecular complexity index is 1390. The molecule has 0 bridgehead atoms. The molecule has 2 aliphatic rings. The molecule has 3 amide bonds. The van der Waals surface area contributed by atoms with Crippen molar-refractivity contribution < 1.29 is 18.8 Å². The Kier molecular flexibility index (Phi) is 7.69. The first-order valence-electron chi connectivity index (χ1n) is 12.4. The van der Waals surface area contributed by atoms with Gasteiger partial charge in [0.1, 0.15) is 17.6 Å². The lowest BCUT2D eigenvalue weighted by molar-refractivity contribution is -0.128. The van der Waals surface area contributed by atoms with Crippen LogP contribution in [0.5, 0.6) is 0 Å². The number of carbonyl (C=O) groups excluding carboxylic acids is 3. The smallest absolute Gasteiger partial charge is 0.259 e. The highest BCUT2D eigenvalue weighted by Crippen LogP contribution is 2.35. The van der Waals surface area contributed by atoms with E-state index in [9.17, 15) is 14.4 Å². The lowest BCUT2D eigenvalue weighted by Gasteiger charge is -2.27. The molecule has 0 saturated heterocycles. The molecule has 0 unspecified atom stereocenters. The van der Waals surface area contributed by atoms with Crippen molar-refractivity contribution in [1.29, 1.82) is 0 Å². The topological polar surface area (TPSA) is 116 Å². The molecule has 0 aliphatic carbocycles. The summed E-state index contributed by atoms with van der Waals surface area (Å²) in [6.45, 7) is 2.55. The second-order valence-electron chi connectivity index (χ2n) is 8.83. The maximum atomic E-state index is 13.5. The number of carbonyl (C=O) groups is 3. The number of nitrogens with zero attached hydrogens (tertiary/aromatic N) is 3. The van der Waals surface area contributed by atoms with Crippen molar-refractivity contribution in [2.45, 2.75) is 44.1 Å². The van der Waals surface area contributed by atoms with Crippen LogP contribution in [-0.2, 0) is 27.5 Å². The summed E-state index contributed by atoms with van der Waals surface area (Å²) >= 11 is 1.21. The molecule has 1 aromatic heterocycles. The van der Waals surface area contributed by atoms with Crippen LogP contribution in [0.1, 0.15) is 36.7 Å². The van der Waals surface area contributed by atoms with Crippen LogP contribution in [0.2, 0.25) is 0 Å². The predicted molar refractivity (Wildman–Crippen MR) is 146 cm³/mol. The Labute approximate surface area is 224 Å². The molecular formula is C28H27N5O4S. The third-order valence-corrected chi connectivity index (χ3v) is 7.50. The number of furan rings is 1. The van der Waals surface area contributed by atoms with Crippen molar-refractivity contribution in [3.05, 3.63) is 89.9 Å². The SMILES string of the molecule is CC[C@H](SC1=Nc2ccccc2C2=N[C@H](CC(=O)NCc3ccccc3)C(=O)N12)C(=O)NCc1ccco1. The summed E-state index contributed by atoms with van der Waals surface area (Å²) in [6, 6.07) is 19.7. The molecule has 38 heavy (non-hydrogen) atoms. The summed E-state index contributed by atoms with van der Waals surface area (Å²) in [5.74, 6) is 0.327. The second-order valence-corrected chi connectivity index (χ2v) is 10.0. The van der Waals surface area contributed by atoms with E-state index in [1.807, 2.05) is 61.5 Å². The zero-order chi connectivity index (χ0) is 26.5. The number of fused-ring (bicyclic) bond motifs is 3. The molecule has 2 aromatic carbocycles. The maximum Gasteiger partial charge on any atom is 0.259 e. The highest BCUT2D eigenvalue weighted by atomic mass is 32.2. The van der Waals surface area contributed by atoms with E-state index >= 15 is 0 Å². The van der Waals surface area contributed by atoms with E-state index in [-0.39, 0.29) is 30.7 Å². The number of rotatable bonds is 9. The van der Waals surface area contributed by atoms with Gasteiger partial charge in [-0.25, -0.2) is 9.89 Å². The number of thioether (sulfide) groups is 1. The van der Waals surface area contributed by atoms with Gasteiger partial charge >= 0.3 is 0 Å². The van der Waals surface area contributed by atoms with E-state index < -0.39 is 11.3 Å². The van der Waals surface area contributed by atoms with Gasteiger partial charge in [-0.1, -0.05) is 61.2 Å². The Balaban J connectivity index is 1.31. The first-order chi connectivity index (χ1) is 18.5. The van der Waals surface area contributed by atoms with Gasteiger partial charge in [-0.15, -0.1) is 0 Å². The van der Waals surface area contributed by atoms with Gasteiger partial charge in [0.2, 0.25) is 11.8 Å². The van der Waals surface area contributed by atoms with Gasteiger partial charge in [0.05, 0.1) is 30.2 Å². The van der Waals surface area contributed by atoms with Crippen LogP contribution in [0.25, 0.3) is 0 Å². The van der Waals surface area contributed by atoms with Gasteiger partial charge in [-0.3, -0.25) is 19.4 Å². The van der Waals surface area contributed by atoms with E-state index in [0.29, 0.717) is 41.0 Å². The number of nitrogens with one attached hydrogen (secondary N) is 2. The highest BCUT2D eigenvalue weighted by Gasteiger charge is 2.43. The van der Waals surface area contributed by atoms with Crippen LogP contribution in [0.3, 0.4) is 0 Å². The summed E-state index contributed by atoms with van der Waals surface area (Å²) in [5, 5.41) is 5.63. The minimum absolute atomic E-state index is 0.0768. The lowest BCUT2D eigenvalue weighted by atomic mass is 10.1. The van der Waals surface area contributed by atoms with Crippen molar-refractivity contribution in [3.8, 4) is 0 Å². The minimum Gasteiger partial charge on any atom is -0.467 e. The maximum absolute atomic E-state index is 13.5. The lowest BCUT2D eigenvalue weighted by Crippen LogP contribution is -2.43. The van der Waals surface area contributed by atoms with Gasteiger partial charge in [0.15, 0.2) is 5.17 Å². The molecule has 3 heterocycles. The van der Waals surface area contributed by atoms with E-state index in [0.717, 1.165) is 5.56 Å². The van der Waals surface area contributed by atoms with Crippen LogP contribution < -0.4 is 10.6 Å². The Hall–Kier alpha value is -4.18. The Morgan fingerprint density at radius 1 is 1.03 bits per heavy atom. The fourth-order valence-electron chi connectivity index (χ4n) is 4.21. The average molecular weight is 530 g/mol. The summed E-state index contributed by atoms with van der Waals surface area (Å²) in [7, 11) is 0. The standard InChI is InChI=1S/C28H27N5O4S/c1-2-23(26(35)30-17-19-11-8-14-37-19)38-28-32-21-13-7-6-12-20(21)25-31-22(27(36)33(25)28)15-24(34)29-16-18-9-4-3-5-10-18/h3-14,22-23H,2,15-17H2,1H3,(H,29,34)(H,30,35)/t22-,23+/m1/s1. The van der Waals surface area contributed by atoms with E-state index in [4.69, 9.17) is 9.41 Å². The van der Waals surface area contributed by atoms with Gasteiger partial charge in [-0.2, -0.15) is 0 Å². The normalized spacial score (nSPS) is 16.7. The number of benzene rings is 2. The molecule has 2 N–H and O–H groups in total. The predicted octanol–water partition coefficient (Wildman–Crippen LogP) is 3.77. The molecule has 0 saturated carbocycles. The summed E-state index contributed by atoms with van der Waals surface area (Å²) in [6.07, 6.45) is 2.00. The third-order valence-electron chi connectivity index (χ3n) is 6.19. The van der Waals surface area contributed by atoms with Crippen molar-refractivity contribution in [3.63, 3.8) is 0 Å². The molecule has 2 aliphatic heterocycles. The highest BCUT2D eigenvalue weighted by molar-refractivity contribution is 8.15. The zero-order valence-electron chi connectivity index (χ0n) is 20.8. The molecule has 10 heteroatoms. The molecule has 194 valence electrons. The van der Waals surface area contributed by atoms with Crippen molar-refractivity contribution in [2.24, 2.45) is 9.98 Å². The third kappa shape index (κ3) is 5.55. The molecule has 0 fully saturated rings. The molecule has 0 radical (unpaired) electrons. The van der Waals surface area contributed by atoms with Crippen LogP contribution >= 0.6 is 11.8 Å². The average Bonchev–Trinajstić information content (AvgIpc) is 3.58. The number of amidine groups is 2. The number of amides is 3. The molecule has 0 spiro atoms. The quantitative estimate of drug-likeness (QED) is 0.438. The number of para-hydroxylation sites is 1. The molecular weight excluding hydrogens is 502 g/mol. The minimum atomic E-state index is -0.870. The second kappa shape index (κ2) is 11.5. The molecule has 2 atom stereocenters. The van der Waals surface area contributed by atoms with Gasteiger partial charge in [0, 0.05) is 12.1 Å². The van der Waals surface area contributed by atoms with E-state index in [1.54, 1.807) is 18.4 Å². The zero-order valence-corrected chi connectivity index (χ0v) is 21.6. The monoisotopic (exact) mass is 529 g/mol. The van der Waals surface area contributed by atoms with Crippen LogP contribution in [-0.4, -0.2) is 44.9 Å². The Morgan fingerprint density at radius 3 is 2.58 bits per heavy atom. The van der Waals surface area contributed by atoms with Gasteiger partial charge in [0.25, 0.3) is 5.91 Å². The largest absolute Gasteiger partial charge is 0.467 e. The molecule has 5 rings (SSSR count). The van der Waals surface area contributed by atoms with Crippen LogP contribution in [0, 0.1) is 0 Å². The molecule has 9 nitrogen and oxygen atoms in total.